The zero-order valence-electron chi connectivity index (χ0n) is 9.72. The lowest BCUT2D eigenvalue weighted by atomic mass is 10.2. The van der Waals surface area contributed by atoms with Gasteiger partial charge >= 0.3 is 5.97 Å². The summed E-state index contributed by atoms with van der Waals surface area (Å²) in [5.41, 5.74) is 0.0315. The van der Waals surface area contributed by atoms with Gasteiger partial charge in [-0.3, -0.25) is 0 Å². The van der Waals surface area contributed by atoms with Crippen molar-refractivity contribution in [3.8, 4) is 0 Å². The Balaban J connectivity index is 2.78. The molecule has 0 bridgehead atoms. The molecule has 7 nitrogen and oxygen atoms in total. The molecule has 0 aliphatic carbocycles. The highest BCUT2D eigenvalue weighted by Gasteiger charge is 2.17. The Morgan fingerprint density at radius 3 is 2.53 bits per heavy atom. The smallest absolute Gasteiger partial charge is 0.339 e. The summed E-state index contributed by atoms with van der Waals surface area (Å²) >= 11 is 0. The molecule has 1 rings (SSSR count). The predicted molar refractivity (Wildman–Crippen MR) is 59.9 cm³/mol. The minimum atomic E-state index is -3.54. The van der Waals surface area contributed by atoms with Crippen LogP contribution >= 0.6 is 0 Å². The van der Waals surface area contributed by atoms with Gasteiger partial charge in [0.1, 0.15) is 17.1 Å². The summed E-state index contributed by atoms with van der Waals surface area (Å²) in [5, 5.41) is 8.79. The average Bonchev–Trinajstić information content (AvgIpc) is 2.57. The van der Waals surface area contributed by atoms with E-state index in [4.69, 9.17) is 9.52 Å². The zero-order chi connectivity index (χ0) is 13.2. The molecule has 0 saturated heterocycles. The van der Waals surface area contributed by atoms with Gasteiger partial charge in [0, 0.05) is 14.1 Å². The van der Waals surface area contributed by atoms with Crippen LogP contribution in [-0.4, -0.2) is 37.9 Å². The topological polar surface area (TPSA) is 99.9 Å². The summed E-state index contributed by atoms with van der Waals surface area (Å²) < 4.78 is 31.2. The molecule has 0 atom stereocenters. The van der Waals surface area contributed by atoms with E-state index in [-0.39, 0.29) is 23.6 Å². The minimum absolute atomic E-state index is 0.0315. The van der Waals surface area contributed by atoms with E-state index in [1.54, 1.807) is 0 Å². The van der Waals surface area contributed by atoms with Crippen molar-refractivity contribution in [3.63, 3.8) is 0 Å². The number of aryl methyl sites for hydroxylation is 1. The second-order valence-electron chi connectivity index (χ2n) is 3.60. The largest absolute Gasteiger partial charge is 0.478 e. The number of carboxylic acids is 1. The Morgan fingerprint density at radius 2 is 2.12 bits per heavy atom. The molecule has 17 heavy (non-hydrogen) atoms. The van der Waals surface area contributed by atoms with Gasteiger partial charge in [-0.2, -0.15) is 17.4 Å². The molecule has 1 aromatic heterocycles. The van der Waals surface area contributed by atoms with E-state index in [0.717, 1.165) is 4.31 Å². The Hall–Kier alpha value is -1.38. The van der Waals surface area contributed by atoms with Crippen molar-refractivity contribution >= 4 is 16.2 Å². The molecule has 0 unspecified atom stereocenters. The van der Waals surface area contributed by atoms with Crippen molar-refractivity contribution in [2.75, 3.05) is 14.1 Å². The molecule has 1 aromatic rings. The van der Waals surface area contributed by atoms with Gasteiger partial charge in [-0.15, -0.1) is 0 Å². The number of aromatic carboxylic acids is 1. The zero-order valence-corrected chi connectivity index (χ0v) is 10.5. The Morgan fingerprint density at radius 1 is 1.53 bits per heavy atom. The van der Waals surface area contributed by atoms with Crippen LogP contribution in [0.3, 0.4) is 0 Å². The summed E-state index contributed by atoms with van der Waals surface area (Å²) in [6, 6.07) is 1.30. The monoisotopic (exact) mass is 262 g/mol. The normalized spacial score (nSPS) is 12.0. The number of nitrogens with one attached hydrogen (secondary N) is 1. The van der Waals surface area contributed by atoms with E-state index in [1.165, 1.54) is 27.1 Å². The van der Waals surface area contributed by atoms with Crippen LogP contribution in [0.25, 0.3) is 0 Å². The number of carbonyl (C=O) groups is 1. The van der Waals surface area contributed by atoms with Gasteiger partial charge < -0.3 is 9.52 Å². The van der Waals surface area contributed by atoms with E-state index < -0.39 is 16.2 Å². The van der Waals surface area contributed by atoms with E-state index in [9.17, 15) is 13.2 Å². The number of hydrogen-bond donors (Lipinski definition) is 2. The molecule has 0 radical (unpaired) electrons. The van der Waals surface area contributed by atoms with Gasteiger partial charge in [0.2, 0.25) is 0 Å². The Kier molecular flexibility index (Phi) is 3.91. The van der Waals surface area contributed by atoms with Crippen molar-refractivity contribution < 1.29 is 22.7 Å². The summed E-state index contributed by atoms with van der Waals surface area (Å²) in [5.74, 6) is -0.602. The standard InChI is InChI=1S/C9H14N2O5S/c1-6-8(9(12)13)4-7(16-6)5-10-17(14,15)11(2)3/h4,10H,5H2,1-3H3,(H,12,13). The first-order valence-corrected chi connectivity index (χ1v) is 6.17. The molecule has 0 amide bonds. The first-order valence-electron chi connectivity index (χ1n) is 4.73. The van der Waals surface area contributed by atoms with Gasteiger partial charge in [-0.1, -0.05) is 0 Å². The van der Waals surface area contributed by atoms with Crippen molar-refractivity contribution in [1.82, 2.24) is 9.03 Å². The van der Waals surface area contributed by atoms with Crippen LogP contribution in [0.1, 0.15) is 21.9 Å². The summed E-state index contributed by atoms with van der Waals surface area (Å²) in [6.45, 7) is 1.42. The molecule has 0 aliphatic heterocycles. The lowest BCUT2D eigenvalue weighted by Crippen LogP contribution is -2.35. The van der Waals surface area contributed by atoms with E-state index >= 15 is 0 Å². The number of carboxylic acid groups (broad SMARTS) is 1. The van der Waals surface area contributed by atoms with E-state index in [0.29, 0.717) is 0 Å². The second kappa shape index (κ2) is 4.86. The average molecular weight is 262 g/mol. The van der Waals surface area contributed by atoms with Crippen LogP contribution in [0.4, 0.5) is 0 Å². The first-order chi connectivity index (χ1) is 7.74. The molecular formula is C9H14N2O5S. The fourth-order valence-corrected chi connectivity index (χ4v) is 1.72. The highest BCUT2D eigenvalue weighted by Crippen LogP contribution is 2.14. The molecule has 0 fully saturated rings. The molecule has 0 saturated carbocycles. The fraction of sp³-hybridized carbons (Fsp3) is 0.444. The fourth-order valence-electron chi connectivity index (χ4n) is 1.13. The quantitative estimate of drug-likeness (QED) is 0.788. The van der Waals surface area contributed by atoms with Gasteiger partial charge in [0.25, 0.3) is 10.2 Å². The molecular weight excluding hydrogens is 248 g/mol. The molecule has 2 N–H and O–H groups in total. The van der Waals surface area contributed by atoms with Crippen molar-refractivity contribution in [2.24, 2.45) is 0 Å². The third-order valence-electron chi connectivity index (χ3n) is 2.11. The van der Waals surface area contributed by atoms with Crippen LogP contribution in [-0.2, 0) is 16.8 Å². The van der Waals surface area contributed by atoms with Gasteiger partial charge in [-0.25, -0.2) is 4.79 Å². The predicted octanol–water partition coefficient (Wildman–Crippen LogP) is 0.182. The Bertz CT molecular complexity index is 517. The molecule has 0 aromatic carbocycles. The third kappa shape index (κ3) is 3.29. The highest BCUT2D eigenvalue weighted by atomic mass is 32.2. The molecule has 0 spiro atoms. The van der Waals surface area contributed by atoms with E-state index in [2.05, 4.69) is 4.72 Å². The highest BCUT2D eigenvalue weighted by molar-refractivity contribution is 7.87. The lowest BCUT2D eigenvalue weighted by molar-refractivity contribution is 0.0695. The number of nitrogens with zero attached hydrogens (tertiary/aromatic N) is 1. The van der Waals surface area contributed by atoms with Crippen LogP contribution in [0.2, 0.25) is 0 Å². The SMILES string of the molecule is Cc1oc(CNS(=O)(=O)N(C)C)cc1C(=O)O. The maximum atomic E-state index is 11.4. The molecule has 96 valence electrons. The number of hydrogen-bond acceptors (Lipinski definition) is 4. The number of rotatable bonds is 5. The summed E-state index contributed by atoms with van der Waals surface area (Å²) in [4.78, 5) is 10.7. The maximum Gasteiger partial charge on any atom is 0.339 e. The first kappa shape index (κ1) is 13.7. The second-order valence-corrected chi connectivity index (χ2v) is 5.57. The Labute approximate surface area is 99.2 Å². The summed E-state index contributed by atoms with van der Waals surface area (Å²) in [7, 11) is -0.770. The maximum absolute atomic E-state index is 11.4. The van der Waals surface area contributed by atoms with Crippen LogP contribution in [0.5, 0.6) is 0 Å². The van der Waals surface area contributed by atoms with Crippen molar-refractivity contribution in [3.05, 3.63) is 23.2 Å². The minimum Gasteiger partial charge on any atom is -0.478 e. The number of furan rings is 1. The molecule has 1 heterocycles. The van der Waals surface area contributed by atoms with Crippen molar-refractivity contribution in [2.45, 2.75) is 13.5 Å². The van der Waals surface area contributed by atoms with Crippen LogP contribution < -0.4 is 4.72 Å². The summed E-state index contributed by atoms with van der Waals surface area (Å²) in [6.07, 6.45) is 0. The van der Waals surface area contributed by atoms with Gasteiger partial charge in [0.05, 0.1) is 6.54 Å². The van der Waals surface area contributed by atoms with Gasteiger partial charge in [0.15, 0.2) is 0 Å². The van der Waals surface area contributed by atoms with Crippen LogP contribution in [0.15, 0.2) is 10.5 Å². The van der Waals surface area contributed by atoms with Crippen LogP contribution in [0, 0.1) is 6.92 Å². The van der Waals surface area contributed by atoms with E-state index in [1.807, 2.05) is 0 Å². The van der Waals surface area contributed by atoms with Gasteiger partial charge in [-0.05, 0) is 13.0 Å². The molecule has 0 aliphatic rings. The lowest BCUT2D eigenvalue weighted by Gasteiger charge is -2.10. The third-order valence-corrected chi connectivity index (χ3v) is 3.58. The molecule has 8 heteroatoms. The van der Waals surface area contributed by atoms with Crippen molar-refractivity contribution in [1.29, 1.82) is 0 Å².